The molecule has 0 heterocycles. The second-order valence-corrected chi connectivity index (χ2v) is 9.44. The number of carbonyl (C=O) groups excluding carboxylic acids is 2. The first kappa shape index (κ1) is 27.8. The molecule has 0 aliphatic heterocycles. The number of carbonyl (C=O) groups is 2. The summed E-state index contributed by atoms with van der Waals surface area (Å²) in [4.78, 5) is 25.0. The van der Waals surface area contributed by atoms with Gasteiger partial charge < -0.3 is 24.8 Å². The molecule has 39 heavy (non-hydrogen) atoms. The SMILES string of the molecule is CC(Oc1cccc(Cl)c1)C(=O)Nc1ccc(Oc2ccc(NC(=O)C(C)Oc3cccc(Cl)c3)cc2)cc1. The molecule has 4 rings (SSSR count). The molecule has 4 aromatic rings. The Morgan fingerprint density at radius 1 is 0.590 bits per heavy atom. The molecule has 2 amide bonds. The summed E-state index contributed by atoms with van der Waals surface area (Å²) in [5.74, 6) is 1.59. The van der Waals surface area contributed by atoms with Gasteiger partial charge in [0.05, 0.1) is 0 Å². The summed E-state index contributed by atoms with van der Waals surface area (Å²) in [5.41, 5.74) is 1.20. The standard InChI is InChI=1S/C30H26Cl2N2O5/c1-19(37-27-7-3-5-21(31)17-27)29(35)33-23-9-13-25(14-10-23)39-26-15-11-24(12-16-26)34-30(36)20(2)38-28-8-4-6-22(32)18-28/h3-20H,1-2H3,(H,33,35)(H,34,36). The minimum absolute atomic E-state index is 0.298. The van der Waals surface area contributed by atoms with Crippen LogP contribution < -0.4 is 24.8 Å². The van der Waals surface area contributed by atoms with Crippen molar-refractivity contribution in [1.82, 2.24) is 0 Å². The minimum Gasteiger partial charge on any atom is -0.481 e. The first-order chi connectivity index (χ1) is 18.7. The van der Waals surface area contributed by atoms with E-state index in [1.807, 2.05) is 0 Å². The van der Waals surface area contributed by atoms with Gasteiger partial charge in [0, 0.05) is 21.4 Å². The van der Waals surface area contributed by atoms with E-state index in [-0.39, 0.29) is 11.8 Å². The van der Waals surface area contributed by atoms with E-state index in [9.17, 15) is 9.59 Å². The molecule has 0 radical (unpaired) electrons. The van der Waals surface area contributed by atoms with E-state index < -0.39 is 12.2 Å². The fourth-order valence-corrected chi connectivity index (χ4v) is 3.79. The lowest BCUT2D eigenvalue weighted by atomic mass is 10.2. The maximum absolute atomic E-state index is 12.5. The number of hydrogen-bond acceptors (Lipinski definition) is 5. The molecule has 0 fully saturated rings. The van der Waals surface area contributed by atoms with Crippen LogP contribution in [-0.2, 0) is 9.59 Å². The number of rotatable bonds is 10. The Labute approximate surface area is 236 Å². The number of benzene rings is 4. The summed E-state index contributed by atoms with van der Waals surface area (Å²) in [6.07, 6.45) is -1.44. The second kappa shape index (κ2) is 13.0. The van der Waals surface area contributed by atoms with E-state index in [1.54, 1.807) is 111 Å². The van der Waals surface area contributed by atoms with E-state index in [0.29, 0.717) is 44.4 Å². The van der Waals surface area contributed by atoms with Gasteiger partial charge in [0.15, 0.2) is 12.2 Å². The Bertz CT molecular complexity index is 1320. The van der Waals surface area contributed by atoms with Gasteiger partial charge in [-0.2, -0.15) is 0 Å². The molecule has 0 aromatic heterocycles. The van der Waals surface area contributed by atoms with Crippen molar-refractivity contribution in [2.75, 3.05) is 10.6 Å². The average molecular weight is 565 g/mol. The molecule has 0 aliphatic carbocycles. The Balaban J connectivity index is 1.26. The molecule has 0 bridgehead atoms. The molecule has 200 valence electrons. The largest absolute Gasteiger partial charge is 0.481 e. The molecule has 0 spiro atoms. The van der Waals surface area contributed by atoms with Crippen molar-refractivity contribution in [3.05, 3.63) is 107 Å². The van der Waals surface area contributed by atoms with Crippen molar-refractivity contribution >= 4 is 46.4 Å². The smallest absolute Gasteiger partial charge is 0.265 e. The zero-order valence-corrected chi connectivity index (χ0v) is 22.7. The van der Waals surface area contributed by atoms with Gasteiger partial charge in [0.25, 0.3) is 11.8 Å². The highest BCUT2D eigenvalue weighted by molar-refractivity contribution is 6.31. The lowest BCUT2D eigenvalue weighted by molar-refractivity contribution is -0.122. The molecule has 2 unspecified atom stereocenters. The van der Waals surface area contributed by atoms with Gasteiger partial charge >= 0.3 is 0 Å². The molecule has 2 N–H and O–H groups in total. The highest BCUT2D eigenvalue weighted by atomic mass is 35.5. The Morgan fingerprint density at radius 2 is 0.974 bits per heavy atom. The van der Waals surface area contributed by atoms with Gasteiger partial charge in [0.2, 0.25) is 0 Å². The van der Waals surface area contributed by atoms with Crippen LogP contribution in [0.4, 0.5) is 11.4 Å². The van der Waals surface area contributed by atoms with Gasteiger partial charge in [-0.25, -0.2) is 0 Å². The molecule has 0 saturated heterocycles. The van der Waals surface area contributed by atoms with E-state index in [2.05, 4.69) is 10.6 Å². The van der Waals surface area contributed by atoms with Gasteiger partial charge in [-0.3, -0.25) is 9.59 Å². The molecule has 0 saturated carbocycles. The summed E-state index contributed by atoms with van der Waals surface area (Å²) >= 11 is 11.9. The number of nitrogens with one attached hydrogen (secondary N) is 2. The van der Waals surface area contributed by atoms with Crippen LogP contribution >= 0.6 is 23.2 Å². The quantitative estimate of drug-likeness (QED) is 0.207. The summed E-state index contributed by atoms with van der Waals surface area (Å²) in [5, 5.41) is 6.68. The van der Waals surface area contributed by atoms with Crippen LogP contribution in [0.25, 0.3) is 0 Å². The van der Waals surface area contributed by atoms with Crippen LogP contribution in [0.2, 0.25) is 10.0 Å². The van der Waals surface area contributed by atoms with Crippen LogP contribution in [-0.4, -0.2) is 24.0 Å². The summed E-state index contributed by atoms with van der Waals surface area (Å²) in [7, 11) is 0. The predicted molar refractivity (Wildman–Crippen MR) is 153 cm³/mol. The molecule has 7 nitrogen and oxygen atoms in total. The van der Waals surface area contributed by atoms with Crippen LogP contribution in [0.15, 0.2) is 97.1 Å². The number of hydrogen-bond donors (Lipinski definition) is 2. The van der Waals surface area contributed by atoms with Crippen molar-refractivity contribution in [1.29, 1.82) is 0 Å². The Kier molecular flexibility index (Phi) is 9.31. The van der Waals surface area contributed by atoms with Crippen LogP contribution in [0.3, 0.4) is 0 Å². The molecule has 9 heteroatoms. The normalized spacial score (nSPS) is 12.1. The maximum atomic E-state index is 12.5. The van der Waals surface area contributed by atoms with E-state index in [1.165, 1.54) is 0 Å². The van der Waals surface area contributed by atoms with Crippen LogP contribution in [0.5, 0.6) is 23.0 Å². The monoisotopic (exact) mass is 564 g/mol. The van der Waals surface area contributed by atoms with Crippen molar-refractivity contribution in [3.63, 3.8) is 0 Å². The van der Waals surface area contributed by atoms with Gasteiger partial charge in [-0.15, -0.1) is 0 Å². The lowest BCUT2D eigenvalue weighted by Gasteiger charge is -2.15. The lowest BCUT2D eigenvalue weighted by Crippen LogP contribution is -2.30. The molecule has 4 aromatic carbocycles. The van der Waals surface area contributed by atoms with Crippen molar-refractivity contribution in [2.45, 2.75) is 26.1 Å². The Morgan fingerprint density at radius 3 is 1.33 bits per heavy atom. The first-order valence-electron chi connectivity index (χ1n) is 12.1. The van der Waals surface area contributed by atoms with Gasteiger partial charge in [-0.05, 0) is 98.8 Å². The molecular weight excluding hydrogens is 539 g/mol. The fraction of sp³-hybridized carbons (Fsp3) is 0.133. The highest BCUT2D eigenvalue weighted by Gasteiger charge is 2.16. The third-order valence-electron chi connectivity index (χ3n) is 5.44. The van der Waals surface area contributed by atoms with E-state index in [4.69, 9.17) is 37.4 Å². The van der Waals surface area contributed by atoms with E-state index in [0.717, 1.165) is 0 Å². The van der Waals surface area contributed by atoms with Crippen molar-refractivity contribution < 1.29 is 23.8 Å². The molecule has 0 aliphatic rings. The topological polar surface area (TPSA) is 85.9 Å². The second-order valence-electron chi connectivity index (χ2n) is 8.56. The van der Waals surface area contributed by atoms with Gasteiger partial charge in [0.1, 0.15) is 23.0 Å². The number of halogens is 2. The predicted octanol–water partition coefficient (Wildman–Crippen LogP) is 7.60. The zero-order valence-electron chi connectivity index (χ0n) is 21.2. The molecular formula is C30H26Cl2N2O5. The number of ether oxygens (including phenoxy) is 3. The third-order valence-corrected chi connectivity index (χ3v) is 5.91. The average Bonchev–Trinajstić information content (AvgIpc) is 2.91. The minimum atomic E-state index is -0.718. The third kappa shape index (κ3) is 8.40. The maximum Gasteiger partial charge on any atom is 0.265 e. The summed E-state index contributed by atoms with van der Waals surface area (Å²) in [6.45, 7) is 3.32. The van der Waals surface area contributed by atoms with E-state index >= 15 is 0 Å². The molecule has 2 atom stereocenters. The Hall–Kier alpha value is -4.20. The highest BCUT2D eigenvalue weighted by Crippen LogP contribution is 2.25. The van der Waals surface area contributed by atoms with Crippen LogP contribution in [0.1, 0.15) is 13.8 Å². The van der Waals surface area contributed by atoms with Crippen molar-refractivity contribution in [3.8, 4) is 23.0 Å². The van der Waals surface area contributed by atoms with Crippen LogP contribution in [0, 0.1) is 0 Å². The zero-order chi connectivity index (χ0) is 27.8. The number of anilines is 2. The van der Waals surface area contributed by atoms with Gasteiger partial charge in [-0.1, -0.05) is 35.3 Å². The summed E-state index contributed by atoms with van der Waals surface area (Å²) < 4.78 is 17.2. The first-order valence-corrected chi connectivity index (χ1v) is 12.8. The fourth-order valence-electron chi connectivity index (χ4n) is 3.43. The summed E-state index contributed by atoms with van der Waals surface area (Å²) in [6, 6.07) is 27.6. The number of amides is 2. The van der Waals surface area contributed by atoms with Crippen molar-refractivity contribution in [2.24, 2.45) is 0 Å².